The van der Waals surface area contributed by atoms with Gasteiger partial charge in [0, 0.05) is 11.5 Å². The van der Waals surface area contributed by atoms with Gasteiger partial charge in [-0.15, -0.1) is 0 Å². The topological polar surface area (TPSA) is 52.9 Å². The van der Waals surface area contributed by atoms with Crippen molar-refractivity contribution in [2.45, 2.75) is 0 Å². The number of halogens is 1. The predicted octanol–water partition coefficient (Wildman–Crippen LogP) is 2.10. The maximum Gasteiger partial charge on any atom is 0.261 e. The highest BCUT2D eigenvalue weighted by Gasteiger charge is 2.05. The molecule has 15 heavy (non-hydrogen) atoms. The summed E-state index contributed by atoms with van der Waals surface area (Å²) in [4.78, 5) is 11.2. The van der Waals surface area contributed by atoms with Crippen molar-refractivity contribution in [1.29, 1.82) is 5.26 Å². The lowest BCUT2D eigenvalue weighted by molar-refractivity contribution is -0.116. The van der Waals surface area contributed by atoms with Crippen molar-refractivity contribution in [2.24, 2.45) is 0 Å². The van der Waals surface area contributed by atoms with E-state index in [2.05, 4.69) is 21.2 Å². The third kappa shape index (κ3) is 3.22. The van der Waals surface area contributed by atoms with Crippen LogP contribution in [-0.2, 0) is 4.79 Å². The Morgan fingerprint density at radius 1 is 1.60 bits per heavy atom. The van der Waals surface area contributed by atoms with Crippen LogP contribution in [0.2, 0.25) is 0 Å². The van der Waals surface area contributed by atoms with E-state index < -0.39 is 0 Å². The number of amides is 1. The molecule has 3 nitrogen and oxygen atoms in total. The van der Waals surface area contributed by atoms with E-state index in [1.54, 1.807) is 6.08 Å². The third-order valence-electron chi connectivity index (χ3n) is 1.75. The van der Waals surface area contributed by atoms with E-state index in [9.17, 15) is 4.79 Å². The van der Waals surface area contributed by atoms with Crippen LogP contribution in [-0.4, -0.2) is 13.0 Å². The quantitative estimate of drug-likeness (QED) is 0.657. The van der Waals surface area contributed by atoms with Gasteiger partial charge in [0.25, 0.3) is 5.91 Å². The normalized spacial score (nSPS) is 10.6. The molecule has 0 spiro atoms. The predicted molar refractivity (Wildman–Crippen MR) is 61.8 cm³/mol. The Morgan fingerprint density at radius 2 is 2.33 bits per heavy atom. The second kappa shape index (κ2) is 5.32. The molecular weight excluding hydrogens is 256 g/mol. The minimum absolute atomic E-state index is 0.0931. The molecule has 4 heteroatoms. The number of carbonyl (C=O) groups is 1. The van der Waals surface area contributed by atoms with Crippen LogP contribution < -0.4 is 5.32 Å². The Bertz CT molecular complexity index is 446. The first-order valence-corrected chi connectivity index (χ1v) is 5.06. The third-order valence-corrected chi connectivity index (χ3v) is 2.25. The van der Waals surface area contributed by atoms with Crippen molar-refractivity contribution in [1.82, 2.24) is 5.32 Å². The maximum atomic E-state index is 11.2. The minimum atomic E-state index is -0.377. The van der Waals surface area contributed by atoms with Gasteiger partial charge in [0.15, 0.2) is 0 Å². The largest absolute Gasteiger partial charge is 0.354 e. The zero-order valence-corrected chi connectivity index (χ0v) is 9.71. The number of benzene rings is 1. The van der Waals surface area contributed by atoms with Gasteiger partial charge < -0.3 is 5.32 Å². The van der Waals surface area contributed by atoms with Gasteiger partial charge in [-0.2, -0.15) is 5.26 Å². The van der Waals surface area contributed by atoms with Crippen molar-refractivity contribution in [3.63, 3.8) is 0 Å². The molecule has 0 aliphatic carbocycles. The lowest BCUT2D eigenvalue weighted by Gasteiger charge is -1.98. The average molecular weight is 265 g/mol. The molecule has 76 valence electrons. The highest BCUT2D eigenvalue weighted by molar-refractivity contribution is 9.10. The molecule has 0 aliphatic rings. The van der Waals surface area contributed by atoms with Gasteiger partial charge in [-0.3, -0.25) is 4.79 Å². The first-order valence-electron chi connectivity index (χ1n) is 4.27. The molecule has 0 fully saturated rings. The van der Waals surface area contributed by atoms with E-state index in [-0.39, 0.29) is 11.5 Å². The van der Waals surface area contributed by atoms with Crippen molar-refractivity contribution in [2.75, 3.05) is 7.05 Å². The van der Waals surface area contributed by atoms with Gasteiger partial charge >= 0.3 is 0 Å². The van der Waals surface area contributed by atoms with Crippen LogP contribution in [0.3, 0.4) is 0 Å². The number of hydrogen-bond acceptors (Lipinski definition) is 2. The summed E-state index contributed by atoms with van der Waals surface area (Å²) < 4.78 is 0.908. The highest BCUT2D eigenvalue weighted by atomic mass is 79.9. The fourth-order valence-corrected chi connectivity index (χ4v) is 1.46. The lowest BCUT2D eigenvalue weighted by atomic mass is 10.1. The molecule has 0 unspecified atom stereocenters. The Morgan fingerprint density at radius 3 is 2.87 bits per heavy atom. The standard InChI is InChI=1S/C11H9BrN2O/c1-14-11(15)9(7-13)5-8-3-2-4-10(12)6-8/h2-6H,1H3,(H,14,15). The van der Waals surface area contributed by atoms with Gasteiger partial charge in [-0.05, 0) is 23.8 Å². The second-order valence-electron chi connectivity index (χ2n) is 2.80. The number of nitriles is 1. The van der Waals surface area contributed by atoms with E-state index in [1.807, 2.05) is 30.3 Å². The fraction of sp³-hybridized carbons (Fsp3) is 0.0909. The second-order valence-corrected chi connectivity index (χ2v) is 3.72. The molecule has 0 heterocycles. The van der Waals surface area contributed by atoms with Gasteiger partial charge in [-0.25, -0.2) is 0 Å². The molecule has 0 bridgehead atoms. The van der Waals surface area contributed by atoms with Crippen molar-refractivity contribution >= 4 is 27.9 Å². The SMILES string of the molecule is CNC(=O)C(C#N)=Cc1cccc(Br)c1. The molecule has 1 N–H and O–H groups in total. The molecule has 0 saturated heterocycles. The Kier molecular flexibility index (Phi) is 4.07. The molecule has 1 aromatic rings. The molecule has 0 radical (unpaired) electrons. The fourth-order valence-electron chi connectivity index (χ4n) is 1.05. The van der Waals surface area contributed by atoms with Crippen LogP contribution >= 0.6 is 15.9 Å². The molecule has 0 aromatic heterocycles. The number of hydrogen-bond donors (Lipinski definition) is 1. The van der Waals surface area contributed by atoms with Crippen molar-refractivity contribution < 1.29 is 4.79 Å². The summed E-state index contributed by atoms with van der Waals surface area (Å²) in [6.45, 7) is 0. The van der Waals surface area contributed by atoms with E-state index in [4.69, 9.17) is 5.26 Å². The summed E-state index contributed by atoms with van der Waals surface area (Å²) in [6, 6.07) is 9.23. The summed E-state index contributed by atoms with van der Waals surface area (Å²) in [5.74, 6) is -0.377. The van der Waals surface area contributed by atoms with Crippen LogP contribution in [0.15, 0.2) is 34.3 Å². The maximum absolute atomic E-state index is 11.2. The Balaban J connectivity index is 3.05. The zero-order valence-electron chi connectivity index (χ0n) is 8.12. The van der Waals surface area contributed by atoms with Crippen LogP contribution in [0.25, 0.3) is 6.08 Å². The highest BCUT2D eigenvalue weighted by Crippen LogP contribution is 2.14. The molecule has 0 saturated carbocycles. The van der Waals surface area contributed by atoms with E-state index >= 15 is 0 Å². The first-order chi connectivity index (χ1) is 7.17. The number of carbonyl (C=O) groups excluding carboxylic acids is 1. The molecule has 1 amide bonds. The summed E-state index contributed by atoms with van der Waals surface area (Å²) in [6.07, 6.45) is 1.55. The van der Waals surface area contributed by atoms with Crippen molar-refractivity contribution in [3.05, 3.63) is 39.9 Å². The monoisotopic (exact) mass is 264 g/mol. The van der Waals surface area contributed by atoms with Crippen LogP contribution in [0.5, 0.6) is 0 Å². The number of nitrogens with zero attached hydrogens (tertiary/aromatic N) is 1. The average Bonchev–Trinajstić information content (AvgIpc) is 2.25. The Hall–Kier alpha value is -1.60. The van der Waals surface area contributed by atoms with E-state index in [0.29, 0.717) is 0 Å². The summed E-state index contributed by atoms with van der Waals surface area (Å²) in [5.41, 5.74) is 0.903. The van der Waals surface area contributed by atoms with E-state index in [0.717, 1.165) is 10.0 Å². The van der Waals surface area contributed by atoms with Gasteiger partial charge in [0.1, 0.15) is 11.6 Å². The summed E-state index contributed by atoms with van der Waals surface area (Å²) in [5, 5.41) is 11.2. The van der Waals surface area contributed by atoms with Crippen LogP contribution in [0.1, 0.15) is 5.56 Å². The molecule has 1 aromatic carbocycles. The first kappa shape index (κ1) is 11.5. The smallest absolute Gasteiger partial charge is 0.261 e. The van der Waals surface area contributed by atoms with Gasteiger partial charge in [-0.1, -0.05) is 28.1 Å². The number of nitrogens with one attached hydrogen (secondary N) is 1. The van der Waals surface area contributed by atoms with E-state index in [1.165, 1.54) is 7.05 Å². The number of rotatable bonds is 2. The summed E-state index contributed by atoms with van der Waals surface area (Å²) >= 11 is 3.32. The van der Waals surface area contributed by atoms with Crippen LogP contribution in [0.4, 0.5) is 0 Å². The molecule has 0 atom stereocenters. The molecule has 0 aliphatic heterocycles. The number of likely N-dealkylation sites (N-methyl/N-ethyl adjacent to an activating group) is 1. The summed E-state index contributed by atoms with van der Waals surface area (Å²) in [7, 11) is 1.49. The minimum Gasteiger partial charge on any atom is -0.354 e. The van der Waals surface area contributed by atoms with Crippen molar-refractivity contribution in [3.8, 4) is 6.07 Å². The Labute approximate surface area is 96.5 Å². The zero-order chi connectivity index (χ0) is 11.3. The molecule has 1 rings (SSSR count). The van der Waals surface area contributed by atoms with Gasteiger partial charge in [0.05, 0.1) is 0 Å². The van der Waals surface area contributed by atoms with Gasteiger partial charge in [0.2, 0.25) is 0 Å². The molecular formula is C11H9BrN2O. The van der Waals surface area contributed by atoms with Crippen LogP contribution in [0, 0.1) is 11.3 Å². The lowest BCUT2D eigenvalue weighted by Crippen LogP contribution is -2.19.